The van der Waals surface area contributed by atoms with Crippen molar-refractivity contribution in [2.45, 2.75) is 24.2 Å². The maximum Gasteiger partial charge on any atom is 0.231 e. The summed E-state index contributed by atoms with van der Waals surface area (Å²) in [5.74, 6) is 1.09. The van der Waals surface area contributed by atoms with Gasteiger partial charge in [-0.05, 0) is 41.5 Å². The molecule has 37 heavy (non-hydrogen) atoms. The van der Waals surface area contributed by atoms with Crippen molar-refractivity contribution < 1.29 is 19.1 Å². The van der Waals surface area contributed by atoms with E-state index >= 15 is 0 Å². The van der Waals surface area contributed by atoms with Crippen LogP contribution in [0.2, 0.25) is 0 Å². The van der Waals surface area contributed by atoms with Gasteiger partial charge in [-0.1, -0.05) is 72.4 Å². The predicted molar refractivity (Wildman–Crippen MR) is 142 cm³/mol. The number of ether oxygens (including phenoxy) is 2. The van der Waals surface area contributed by atoms with E-state index in [1.807, 2.05) is 84.9 Å². The van der Waals surface area contributed by atoms with Crippen molar-refractivity contribution in [1.82, 2.24) is 15.3 Å². The number of hydrogen-bond acceptors (Lipinski definition) is 7. The molecule has 4 rings (SSSR count). The van der Waals surface area contributed by atoms with Gasteiger partial charge in [-0.3, -0.25) is 9.59 Å². The molecule has 0 spiro atoms. The fourth-order valence-corrected chi connectivity index (χ4v) is 4.05. The molecule has 0 aliphatic heterocycles. The summed E-state index contributed by atoms with van der Waals surface area (Å²) in [6, 6.07) is 27.5. The van der Waals surface area contributed by atoms with Crippen LogP contribution in [-0.4, -0.2) is 40.1 Å². The molecule has 3 aromatic carbocycles. The molecule has 0 saturated heterocycles. The molecule has 0 radical (unpaired) electrons. The van der Waals surface area contributed by atoms with Gasteiger partial charge in [-0.15, -0.1) is 0 Å². The van der Waals surface area contributed by atoms with Crippen LogP contribution >= 0.6 is 11.8 Å². The first kappa shape index (κ1) is 26.1. The van der Waals surface area contributed by atoms with Gasteiger partial charge in [0.1, 0.15) is 17.5 Å². The predicted octanol–water partition coefficient (Wildman–Crippen LogP) is 4.87. The van der Waals surface area contributed by atoms with E-state index in [4.69, 9.17) is 9.47 Å². The number of para-hydroxylation sites is 1. The Morgan fingerprint density at radius 3 is 2.14 bits per heavy atom. The number of nitrogens with one attached hydrogen (secondary N) is 1. The third-order valence-electron chi connectivity index (χ3n) is 5.28. The highest BCUT2D eigenvalue weighted by Gasteiger charge is 2.22. The molecule has 4 aromatic rings. The number of aromatic nitrogens is 2. The molecule has 8 heteroatoms. The van der Waals surface area contributed by atoms with Crippen LogP contribution in [0.4, 0.5) is 0 Å². The van der Waals surface area contributed by atoms with E-state index in [1.165, 1.54) is 11.8 Å². The maximum absolute atomic E-state index is 13.2. The molecule has 0 aliphatic carbocycles. The average Bonchev–Trinajstić information content (AvgIpc) is 2.94. The Kier molecular flexibility index (Phi) is 9.80. The fraction of sp³-hybridized carbons (Fsp3) is 0.172. The highest BCUT2D eigenvalue weighted by molar-refractivity contribution is 7.99. The third kappa shape index (κ3) is 8.86. The second-order valence-electron chi connectivity index (χ2n) is 8.14. The lowest BCUT2D eigenvalue weighted by molar-refractivity contribution is -0.127. The van der Waals surface area contributed by atoms with Crippen molar-refractivity contribution in [3.8, 4) is 11.5 Å². The molecule has 0 bridgehead atoms. The first-order valence-electron chi connectivity index (χ1n) is 11.8. The van der Waals surface area contributed by atoms with Crippen LogP contribution in [0.5, 0.6) is 11.5 Å². The minimum Gasteiger partial charge on any atom is -0.457 e. The summed E-state index contributed by atoms with van der Waals surface area (Å²) in [6.07, 6.45) is 3.39. The van der Waals surface area contributed by atoms with Crippen LogP contribution in [0.15, 0.2) is 109 Å². The van der Waals surface area contributed by atoms with Crippen LogP contribution in [0, 0.1) is 0 Å². The molecule has 1 unspecified atom stereocenters. The molecule has 1 N–H and O–H groups in total. The summed E-state index contributed by atoms with van der Waals surface area (Å²) in [7, 11) is 0. The quantitative estimate of drug-likeness (QED) is 0.201. The number of nitrogens with zero attached hydrogens (tertiary/aromatic N) is 2. The zero-order valence-corrected chi connectivity index (χ0v) is 21.0. The van der Waals surface area contributed by atoms with Crippen molar-refractivity contribution >= 4 is 23.5 Å². The van der Waals surface area contributed by atoms with Crippen molar-refractivity contribution in [3.63, 3.8) is 0 Å². The summed E-state index contributed by atoms with van der Waals surface area (Å²) in [4.78, 5) is 34.0. The van der Waals surface area contributed by atoms with Gasteiger partial charge in [-0.25, -0.2) is 9.97 Å². The summed E-state index contributed by atoms with van der Waals surface area (Å²) in [5.41, 5.74) is 1.81. The van der Waals surface area contributed by atoms with E-state index in [9.17, 15) is 9.59 Å². The van der Waals surface area contributed by atoms with Gasteiger partial charge < -0.3 is 14.8 Å². The minimum atomic E-state index is -0.784. The zero-order chi connectivity index (χ0) is 25.7. The number of rotatable bonds is 13. The van der Waals surface area contributed by atoms with E-state index in [0.717, 1.165) is 16.9 Å². The second kappa shape index (κ2) is 13.9. The Labute approximate surface area is 220 Å². The number of Topliss-reactive ketones (excluding diaryl/α,β-unsaturated/α-hetero) is 1. The topological polar surface area (TPSA) is 90.4 Å². The first-order valence-corrected chi connectivity index (χ1v) is 12.8. The highest BCUT2D eigenvalue weighted by Crippen LogP contribution is 2.21. The number of carbonyl (C=O) groups excluding carboxylic acids is 2. The van der Waals surface area contributed by atoms with Crippen LogP contribution in [0.1, 0.15) is 11.1 Å². The van der Waals surface area contributed by atoms with Crippen LogP contribution < -0.4 is 10.1 Å². The standard InChI is InChI=1S/C29H27N3O4S/c33-27(18-22-12-14-25(15-13-22)36-24-10-5-2-6-11-24)26(20-35-19-23-8-3-1-4-9-23)32-28(34)21-37-29-30-16-7-17-31-29/h1-17,26H,18-21H2,(H,32,34). The lowest BCUT2D eigenvalue weighted by Gasteiger charge is -2.18. The number of carbonyl (C=O) groups is 2. The summed E-state index contributed by atoms with van der Waals surface area (Å²) >= 11 is 1.21. The number of thioether (sulfide) groups is 1. The summed E-state index contributed by atoms with van der Waals surface area (Å²) in [6.45, 7) is 0.416. The summed E-state index contributed by atoms with van der Waals surface area (Å²) < 4.78 is 11.6. The van der Waals surface area contributed by atoms with Gasteiger partial charge in [0.15, 0.2) is 10.9 Å². The Morgan fingerprint density at radius 2 is 1.43 bits per heavy atom. The molecule has 1 aromatic heterocycles. The van der Waals surface area contributed by atoms with E-state index < -0.39 is 6.04 Å². The van der Waals surface area contributed by atoms with Gasteiger partial charge in [0.05, 0.1) is 19.0 Å². The Hall–Kier alpha value is -4.01. The Balaban J connectivity index is 1.35. The van der Waals surface area contributed by atoms with E-state index in [-0.39, 0.29) is 30.5 Å². The van der Waals surface area contributed by atoms with Gasteiger partial charge in [0.2, 0.25) is 5.91 Å². The fourth-order valence-electron chi connectivity index (χ4n) is 3.43. The second-order valence-corrected chi connectivity index (χ2v) is 9.09. The summed E-state index contributed by atoms with van der Waals surface area (Å²) in [5, 5.41) is 3.32. The van der Waals surface area contributed by atoms with Crippen LogP contribution in [0.25, 0.3) is 0 Å². The normalized spacial score (nSPS) is 11.5. The monoisotopic (exact) mass is 513 g/mol. The first-order chi connectivity index (χ1) is 18.2. The Bertz CT molecular complexity index is 1260. The number of ketones is 1. The van der Waals surface area contributed by atoms with Crippen molar-refractivity contribution in [3.05, 3.63) is 115 Å². The van der Waals surface area contributed by atoms with Crippen molar-refractivity contribution in [2.75, 3.05) is 12.4 Å². The molecule has 0 aliphatic rings. The molecular weight excluding hydrogens is 486 g/mol. The van der Waals surface area contributed by atoms with Gasteiger partial charge in [-0.2, -0.15) is 0 Å². The SMILES string of the molecule is O=C(CSc1ncccn1)NC(COCc1ccccc1)C(=O)Cc1ccc(Oc2ccccc2)cc1. The van der Waals surface area contributed by atoms with Crippen molar-refractivity contribution in [1.29, 1.82) is 0 Å². The molecule has 7 nitrogen and oxygen atoms in total. The lowest BCUT2D eigenvalue weighted by Crippen LogP contribution is -2.45. The zero-order valence-electron chi connectivity index (χ0n) is 20.2. The van der Waals surface area contributed by atoms with Crippen molar-refractivity contribution in [2.24, 2.45) is 0 Å². The van der Waals surface area contributed by atoms with Crippen LogP contribution in [0.3, 0.4) is 0 Å². The van der Waals surface area contributed by atoms with E-state index in [1.54, 1.807) is 18.5 Å². The highest BCUT2D eigenvalue weighted by atomic mass is 32.2. The minimum absolute atomic E-state index is 0.0706. The average molecular weight is 514 g/mol. The number of benzene rings is 3. The molecule has 0 saturated carbocycles. The van der Waals surface area contributed by atoms with Gasteiger partial charge in [0.25, 0.3) is 0 Å². The van der Waals surface area contributed by atoms with E-state index in [2.05, 4.69) is 15.3 Å². The largest absolute Gasteiger partial charge is 0.457 e. The van der Waals surface area contributed by atoms with Gasteiger partial charge >= 0.3 is 0 Å². The van der Waals surface area contributed by atoms with Crippen LogP contribution in [-0.2, 0) is 27.4 Å². The van der Waals surface area contributed by atoms with E-state index in [0.29, 0.717) is 17.5 Å². The smallest absolute Gasteiger partial charge is 0.231 e. The molecule has 1 heterocycles. The number of hydrogen-bond donors (Lipinski definition) is 1. The van der Waals surface area contributed by atoms with Gasteiger partial charge in [0, 0.05) is 18.8 Å². The molecule has 1 amide bonds. The molecule has 1 atom stereocenters. The Morgan fingerprint density at radius 1 is 0.784 bits per heavy atom. The number of amides is 1. The lowest BCUT2D eigenvalue weighted by atomic mass is 10.0. The molecule has 0 fully saturated rings. The molecular formula is C29H27N3O4S. The molecule has 188 valence electrons. The third-order valence-corrected chi connectivity index (χ3v) is 6.15. The maximum atomic E-state index is 13.2.